The van der Waals surface area contributed by atoms with Crippen molar-refractivity contribution in [2.24, 2.45) is 0 Å². The molecule has 0 aliphatic carbocycles. The Kier molecular flexibility index (Phi) is 4.11. The summed E-state index contributed by atoms with van der Waals surface area (Å²) in [5.41, 5.74) is 0.679. The first-order chi connectivity index (χ1) is 9.51. The standard InChI is InChI=1S/C11H12FN3O5/c1-6(16)19-5-7-2-3-9(20-7)15-4-8(12)10(14-18)13-11(15)17/h2-4,7,9,18H,5H2,1H3,(H,13,14,17)/t7-,9+/m1/s1. The fourth-order valence-corrected chi connectivity index (χ4v) is 1.65. The van der Waals surface area contributed by atoms with Crippen molar-refractivity contribution in [1.82, 2.24) is 9.55 Å². The second kappa shape index (κ2) is 5.80. The van der Waals surface area contributed by atoms with Crippen molar-refractivity contribution >= 4 is 11.8 Å². The lowest BCUT2D eigenvalue weighted by Crippen LogP contribution is -2.29. The fraction of sp³-hybridized carbons (Fsp3) is 0.364. The maximum absolute atomic E-state index is 13.4. The van der Waals surface area contributed by atoms with E-state index in [0.717, 1.165) is 10.8 Å². The topological polar surface area (TPSA) is 103 Å². The van der Waals surface area contributed by atoms with E-state index in [1.54, 1.807) is 6.08 Å². The SMILES string of the molecule is CC(=O)OC[C@H]1C=C[C@@H](n2cc(F)c(NO)nc2=O)O1. The Balaban J connectivity index is 2.11. The Morgan fingerprint density at radius 1 is 1.65 bits per heavy atom. The summed E-state index contributed by atoms with van der Waals surface area (Å²) in [5, 5.41) is 8.57. The van der Waals surface area contributed by atoms with E-state index in [1.807, 2.05) is 0 Å². The zero-order valence-electron chi connectivity index (χ0n) is 10.4. The van der Waals surface area contributed by atoms with E-state index in [0.29, 0.717) is 0 Å². The highest BCUT2D eigenvalue weighted by Crippen LogP contribution is 2.20. The van der Waals surface area contributed by atoms with Crippen LogP contribution in [0.2, 0.25) is 0 Å². The summed E-state index contributed by atoms with van der Waals surface area (Å²) in [7, 11) is 0. The van der Waals surface area contributed by atoms with Crippen LogP contribution in [0.3, 0.4) is 0 Å². The van der Waals surface area contributed by atoms with E-state index in [1.165, 1.54) is 18.5 Å². The number of anilines is 1. The van der Waals surface area contributed by atoms with Gasteiger partial charge < -0.3 is 9.47 Å². The van der Waals surface area contributed by atoms with Crippen LogP contribution in [0.1, 0.15) is 13.2 Å². The molecule has 0 aromatic carbocycles. The average molecular weight is 285 g/mol. The van der Waals surface area contributed by atoms with Crippen molar-refractivity contribution < 1.29 is 23.9 Å². The number of aromatic nitrogens is 2. The number of nitrogens with one attached hydrogen (secondary N) is 1. The van der Waals surface area contributed by atoms with E-state index in [4.69, 9.17) is 14.7 Å². The van der Waals surface area contributed by atoms with Gasteiger partial charge in [0.1, 0.15) is 12.7 Å². The third kappa shape index (κ3) is 3.00. The van der Waals surface area contributed by atoms with E-state index < -0.39 is 35.6 Å². The quantitative estimate of drug-likeness (QED) is 0.462. The van der Waals surface area contributed by atoms with Gasteiger partial charge in [0.2, 0.25) is 0 Å². The number of hydrogen-bond acceptors (Lipinski definition) is 7. The molecular formula is C11H12FN3O5. The summed E-state index contributed by atoms with van der Waals surface area (Å²) in [6.07, 6.45) is 2.60. The molecule has 9 heteroatoms. The zero-order valence-corrected chi connectivity index (χ0v) is 10.4. The van der Waals surface area contributed by atoms with Crippen LogP contribution in [0.15, 0.2) is 23.1 Å². The Morgan fingerprint density at radius 3 is 3.05 bits per heavy atom. The predicted octanol–water partition coefficient (Wildman–Crippen LogP) is 0.200. The number of esters is 1. The molecule has 0 bridgehead atoms. The molecule has 0 saturated heterocycles. The van der Waals surface area contributed by atoms with E-state index in [2.05, 4.69) is 4.98 Å². The summed E-state index contributed by atoms with van der Waals surface area (Å²) >= 11 is 0. The Bertz CT molecular complexity index is 600. The minimum atomic E-state index is -0.910. The number of halogens is 1. The molecule has 2 heterocycles. The van der Waals surface area contributed by atoms with Gasteiger partial charge in [0.25, 0.3) is 0 Å². The van der Waals surface area contributed by atoms with Gasteiger partial charge in [-0.2, -0.15) is 4.98 Å². The summed E-state index contributed by atoms with van der Waals surface area (Å²) in [6.45, 7) is 1.27. The molecule has 0 amide bonds. The van der Waals surface area contributed by atoms with Crippen molar-refractivity contribution in [3.05, 3.63) is 34.7 Å². The molecule has 0 unspecified atom stereocenters. The normalized spacial score (nSPS) is 20.9. The first kappa shape index (κ1) is 14.2. The molecule has 0 spiro atoms. The highest BCUT2D eigenvalue weighted by atomic mass is 19.1. The van der Waals surface area contributed by atoms with Gasteiger partial charge in [-0.1, -0.05) is 6.08 Å². The molecule has 20 heavy (non-hydrogen) atoms. The molecule has 1 aliphatic rings. The van der Waals surface area contributed by atoms with E-state index >= 15 is 0 Å². The summed E-state index contributed by atoms with van der Waals surface area (Å²) in [4.78, 5) is 25.6. The highest BCUT2D eigenvalue weighted by molar-refractivity contribution is 5.65. The predicted molar refractivity (Wildman–Crippen MR) is 63.5 cm³/mol. The first-order valence-corrected chi connectivity index (χ1v) is 5.67. The van der Waals surface area contributed by atoms with Crippen LogP contribution >= 0.6 is 0 Å². The lowest BCUT2D eigenvalue weighted by atomic mass is 10.4. The number of hydrogen-bond donors (Lipinski definition) is 2. The maximum Gasteiger partial charge on any atom is 0.352 e. The highest BCUT2D eigenvalue weighted by Gasteiger charge is 2.23. The van der Waals surface area contributed by atoms with E-state index in [-0.39, 0.29) is 6.61 Å². The third-order valence-electron chi connectivity index (χ3n) is 2.54. The smallest absolute Gasteiger partial charge is 0.352 e. The number of nitrogens with zero attached hydrogens (tertiary/aromatic N) is 2. The molecule has 2 atom stereocenters. The molecule has 1 aromatic rings. The number of carbonyl (C=O) groups excluding carboxylic acids is 1. The van der Waals surface area contributed by atoms with Crippen molar-refractivity contribution in [3.8, 4) is 0 Å². The second-order valence-electron chi connectivity index (χ2n) is 3.99. The molecule has 2 rings (SSSR count). The maximum atomic E-state index is 13.4. The molecule has 1 aromatic heterocycles. The first-order valence-electron chi connectivity index (χ1n) is 5.67. The van der Waals surface area contributed by atoms with Crippen molar-refractivity contribution in [2.75, 3.05) is 12.1 Å². The molecule has 2 N–H and O–H groups in total. The number of rotatable bonds is 4. The monoisotopic (exact) mass is 285 g/mol. The van der Waals surface area contributed by atoms with Crippen LogP contribution in [0.4, 0.5) is 10.2 Å². The van der Waals surface area contributed by atoms with Crippen molar-refractivity contribution in [1.29, 1.82) is 0 Å². The summed E-state index contributed by atoms with van der Waals surface area (Å²) in [5.74, 6) is -1.93. The lowest BCUT2D eigenvalue weighted by molar-refractivity contribution is -0.145. The minimum Gasteiger partial charge on any atom is -0.463 e. The van der Waals surface area contributed by atoms with Crippen LogP contribution in [0.25, 0.3) is 0 Å². The minimum absolute atomic E-state index is 0.00325. The molecular weight excluding hydrogens is 273 g/mol. The molecule has 0 fully saturated rings. The largest absolute Gasteiger partial charge is 0.463 e. The van der Waals surface area contributed by atoms with Gasteiger partial charge >= 0.3 is 11.7 Å². The van der Waals surface area contributed by atoms with Gasteiger partial charge in [0, 0.05) is 6.92 Å². The number of ether oxygens (including phenoxy) is 2. The Morgan fingerprint density at radius 2 is 2.40 bits per heavy atom. The fourth-order valence-electron chi connectivity index (χ4n) is 1.65. The van der Waals surface area contributed by atoms with Crippen LogP contribution in [-0.2, 0) is 14.3 Å². The van der Waals surface area contributed by atoms with Crippen LogP contribution in [-0.4, -0.2) is 33.4 Å². The molecule has 1 aliphatic heterocycles. The molecule has 8 nitrogen and oxygen atoms in total. The molecule has 0 radical (unpaired) electrons. The lowest BCUT2D eigenvalue weighted by Gasteiger charge is -2.16. The second-order valence-corrected chi connectivity index (χ2v) is 3.99. The Hall–Kier alpha value is -2.26. The molecule has 0 saturated carbocycles. The van der Waals surface area contributed by atoms with Crippen LogP contribution < -0.4 is 11.2 Å². The van der Waals surface area contributed by atoms with Crippen LogP contribution in [0, 0.1) is 5.82 Å². The third-order valence-corrected chi connectivity index (χ3v) is 2.54. The summed E-state index contributed by atoms with van der Waals surface area (Å²) in [6, 6.07) is 0. The van der Waals surface area contributed by atoms with Gasteiger partial charge in [-0.25, -0.2) is 14.7 Å². The Labute approximate surface area is 112 Å². The van der Waals surface area contributed by atoms with Gasteiger partial charge in [-0.05, 0) is 6.08 Å². The van der Waals surface area contributed by atoms with Gasteiger partial charge in [0.05, 0.1) is 6.20 Å². The van der Waals surface area contributed by atoms with Gasteiger partial charge in [-0.3, -0.25) is 14.6 Å². The van der Waals surface area contributed by atoms with Crippen molar-refractivity contribution in [2.45, 2.75) is 19.3 Å². The van der Waals surface area contributed by atoms with E-state index in [9.17, 15) is 14.0 Å². The number of carbonyl (C=O) groups is 1. The average Bonchev–Trinajstić information content (AvgIpc) is 2.87. The van der Waals surface area contributed by atoms with Gasteiger partial charge in [-0.15, -0.1) is 0 Å². The zero-order chi connectivity index (χ0) is 14.7. The summed E-state index contributed by atoms with van der Waals surface area (Å²) < 4.78 is 24.5. The van der Waals surface area contributed by atoms with Crippen LogP contribution in [0.5, 0.6) is 0 Å². The van der Waals surface area contributed by atoms with Crippen molar-refractivity contribution in [3.63, 3.8) is 0 Å². The van der Waals surface area contributed by atoms with Gasteiger partial charge in [0.15, 0.2) is 17.9 Å². The molecule has 108 valence electrons.